The van der Waals surface area contributed by atoms with Crippen molar-refractivity contribution in [2.75, 3.05) is 45.9 Å². The monoisotopic (exact) mass is 767 g/mol. The number of benzene rings is 2. The molecule has 1 N–H and O–H groups in total. The first-order chi connectivity index (χ1) is 26.9. The van der Waals surface area contributed by atoms with Crippen LogP contribution in [0.3, 0.4) is 0 Å². The van der Waals surface area contributed by atoms with E-state index in [1.165, 1.54) is 26.0 Å². The molecule has 0 spiro atoms. The fourth-order valence-electron chi connectivity index (χ4n) is 9.81. The predicted octanol–water partition coefficient (Wildman–Crippen LogP) is 8.66. The average Bonchev–Trinajstić information content (AvgIpc) is 3.53. The Morgan fingerprint density at radius 1 is 0.946 bits per heavy atom. The van der Waals surface area contributed by atoms with Crippen LogP contribution in [0.5, 0.6) is 5.75 Å². The van der Waals surface area contributed by atoms with Crippen molar-refractivity contribution in [1.82, 2.24) is 24.7 Å². The molecule has 4 aromatic rings. The highest BCUT2D eigenvalue weighted by molar-refractivity contribution is 5.79. The zero-order valence-electron chi connectivity index (χ0n) is 33.4. The molecule has 2 fully saturated rings. The lowest BCUT2D eigenvalue weighted by Crippen LogP contribution is -2.47. The Hall–Kier alpha value is -3.99. The van der Waals surface area contributed by atoms with E-state index in [0.717, 1.165) is 116 Å². The molecule has 2 aromatic heterocycles. The van der Waals surface area contributed by atoms with Gasteiger partial charge in [-0.05, 0) is 118 Å². The number of aryl methyl sites for hydroxylation is 1. The third-order valence-electron chi connectivity index (χ3n) is 12.8. The van der Waals surface area contributed by atoms with Gasteiger partial charge in [-0.15, -0.1) is 0 Å². The molecule has 2 aliphatic carbocycles. The molecule has 298 valence electrons. The Morgan fingerprint density at radius 3 is 2.36 bits per heavy atom. The number of nitrogens with one attached hydrogen (secondary N) is 1. The first-order valence-corrected chi connectivity index (χ1v) is 20.7. The number of rotatable bonds is 11. The van der Waals surface area contributed by atoms with Crippen LogP contribution in [0.1, 0.15) is 93.7 Å². The van der Waals surface area contributed by atoms with E-state index >= 15 is 13.2 Å². The molecule has 7 nitrogen and oxygen atoms in total. The standard InChI is InChI=1S/C46H56F3N5O2/c1-5-33-21-41-42(51-45(33)55)19-32(24-50-41)26-53-16-14-52(15-17-53)25-30-10-12-31(13-11-30)27-56-35-22-39(47)43(40(48)23-35)44-38-20-34-8-6-7-9-36(34)37(38)18-29(2)54(44)28-46(3,4)49/h6-9,19,21-24,29-31,44H,5,10-18,20,25-28H2,1-4H3,(H,51,55)/t29-,30?,31?,44+/m1/s1. The van der Waals surface area contributed by atoms with Crippen molar-refractivity contribution >= 4 is 16.6 Å². The highest BCUT2D eigenvalue weighted by Gasteiger charge is 2.43. The second-order valence-electron chi connectivity index (χ2n) is 17.5. The summed E-state index contributed by atoms with van der Waals surface area (Å²) in [7, 11) is 0. The van der Waals surface area contributed by atoms with Gasteiger partial charge in [-0.3, -0.25) is 19.6 Å². The minimum Gasteiger partial charge on any atom is -0.493 e. The van der Waals surface area contributed by atoms with E-state index in [2.05, 4.69) is 38.0 Å². The SMILES string of the molecule is CCc1cc2ncc(CN3CCN(CC4CCC(COc5cc(F)c([C@@H]6C7=C(C[C@@H](C)N6CC(C)(C)F)c6ccccc6C7)c(F)c5)CC4)CC3)cc2[nH]c1=O. The zero-order chi connectivity index (χ0) is 39.1. The highest BCUT2D eigenvalue weighted by Crippen LogP contribution is 2.50. The maximum atomic E-state index is 16.2. The van der Waals surface area contributed by atoms with E-state index in [1.807, 2.05) is 43.1 Å². The van der Waals surface area contributed by atoms with Crippen molar-refractivity contribution in [3.8, 4) is 5.75 Å². The van der Waals surface area contributed by atoms with E-state index in [1.54, 1.807) is 0 Å². The van der Waals surface area contributed by atoms with Crippen LogP contribution in [-0.2, 0) is 19.4 Å². The van der Waals surface area contributed by atoms with Crippen LogP contribution in [0.25, 0.3) is 16.6 Å². The summed E-state index contributed by atoms with van der Waals surface area (Å²) in [5.41, 5.74) is 6.35. The number of pyridine rings is 2. The van der Waals surface area contributed by atoms with Gasteiger partial charge in [0.15, 0.2) is 0 Å². The van der Waals surface area contributed by atoms with Crippen LogP contribution < -0.4 is 10.3 Å². The summed E-state index contributed by atoms with van der Waals surface area (Å²) >= 11 is 0. The summed E-state index contributed by atoms with van der Waals surface area (Å²) in [4.78, 5) is 26.9. The van der Waals surface area contributed by atoms with Gasteiger partial charge in [0, 0.05) is 81.3 Å². The topological polar surface area (TPSA) is 64.7 Å². The summed E-state index contributed by atoms with van der Waals surface area (Å²) in [5, 5.41) is 0. The molecule has 8 rings (SSSR count). The third-order valence-corrected chi connectivity index (χ3v) is 12.8. The molecule has 0 bridgehead atoms. The fourth-order valence-corrected chi connectivity index (χ4v) is 9.81. The summed E-state index contributed by atoms with van der Waals surface area (Å²) in [6.45, 7) is 13.6. The summed E-state index contributed by atoms with van der Waals surface area (Å²) in [5.74, 6) is -0.0738. The molecule has 2 atom stereocenters. The molecule has 56 heavy (non-hydrogen) atoms. The van der Waals surface area contributed by atoms with Gasteiger partial charge in [-0.2, -0.15) is 0 Å². The zero-order valence-corrected chi connectivity index (χ0v) is 33.4. The van der Waals surface area contributed by atoms with Gasteiger partial charge in [0.05, 0.1) is 23.7 Å². The molecule has 4 aliphatic rings. The number of hydrogen-bond acceptors (Lipinski definition) is 6. The van der Waals surface area contributed by atoms with Crippen molar-refractivity contribution in [2.24, 2.45) is 11.8 Å². The van der Waals surface area contributed by atoms with Crippen LogP contribution >= 0.6 is 0 Å². The number of H-pyrrole nitrogens is 1. The summed E-state index contributed by atoms with van der Waals surface area (Å²) < 4.78 is 53.7. The van der Waals surface area contributed by atoms with Crippen molar-refractivity contribution in [2.45, 2.75) is 96.9 Å². The van der Waals surface area contributed by atoms with Gasteiger partial charge >= 0.3 is 0 Å². The fraction of sp³-hybridized carbons (Fsp3) is 0.522. The molecule has 2 aromatic carbocycles. The molecule has 0 amide bonds. The van der Waals surface area contributed by atoms with Crippen molar-refractivity contribution in [3.05, 3.63) is 110 Å². The number of aromatic nitrogens is 2. The Kier molecular flexibility index (Phi) is 11.2. The highest BCUT2D eigenvalue weighted by atomic mass is 19.1. The third kappa shape index (κ3) is 8.34. The number of ether oxygens (including phenoxy) is 1. The lowest BCUT2D eigenvalue weighted by Gasteiger charge is -2.44. The van der Waals surface area contributed by atoms with E-state index in [-0.39, 0.29) is 29.5 Å². The summed E-state index contributed by atoms with van der Waals surface area (Å²) in [6.07, 6.45) is 8.27. The van der Waals surface area contributed by atoms with E-state index in [4.69, 9.17) is 4.74 Å². The lowest BCUT2D eigenvalue weighted by atomic mass is 9.82. The predicted molar refractivity (Wildman–Crippen MR) is 217 cm³/mol. The Balaban J connectivity index is 0.835. The smallest absolute Gasteiger partial charge is 0.251 e. The maximum absolute atomic E-state index is 16.2. The van der Waals surface area contributed by atoms with Gasteiger partial charge in [-0.25, -0.2) is 13.2 Å². The van der Waals surface area contributed by atoms with Gasteiger partial charge in [-0.1, -0.05) is 31.2 Å². The molecule has 2 aliphatic heterocycles. The Bertz CT molecular complexity index is 2120. The van der Waals surface area contributed by atoms with Crippen molar-refractivity contribution in [1.29, 1.82) is 0 Å². The van der Waals surface area contributed by atoms with Crippen LogP contribution in [0.4, 0.5) is 13.2 Å². The van der Waals surface area contributed by atoms with Gasteiger partial charge in [0.25, 0.3) is 5.56 Å². The molecule has 1 saturated heterocycles. The van der Waals surface area contributed by atoms with E-state index < -0.39 is 23.3 Å². The number of alkyl halides is 1. The number of fused-ring (bicyclic) bond motifs is 3. The van der Waals surface area contributed by atoms with Crippen LogP contribution in [-0.4, -0.2) is 82.3 Å². The second-order valence-corrected chi connectivity index (χ2v) is 17.5. The molecule has 10 heteroatoms. The van der Waals surface area contributed by atoms with Gasteiger partial charge in [0.2, 0.25) is 0 Å². The molecule has 0 unspecified atom stereocenters. The van der Waals surface area contributed by atoms with E-state index in [9.17, 15) is 4.79 Å². The lowest BCUT2D eigenvalue weighted by molar-refractivity contribution is 0.0676. The maximum Gasteiger partial charge on any atom is 0.251 e. The van der Waals surface area contributed by atoms with Gasteiger partial charge in [0.1, 0.15) is 23.1 Å². The normalized spacial score (nSPS) is 23.8. The first-order valence-electron chi connectivity index (χ1n) is 20.7. The number of halogens is 3. The van der Waals surface area contributed by atoms with Crippen molar-refractivity contribution < 1.29 is 17.9 Å². The van der Waals surface area contributed by atoms with Gasteiger partial charge < -0.3 is 14.6 Å². The molecular formula is C46H56F3N5O2. The molecule has 4 heterocycles. The second kappa shape index (κ2) is 16.1. The molecular weight excluding hydrogens is 712 g/mol. The Labute approximate surface area is 328 Å². The largest absolute Gasteiger partial charge is 0.493 e. The minimum atomic E-state index is -1.53. The Morgan fingerprint density at radius 2 is 1.64 bits per heavy atom. The molecule has 1 saturated carbocycles. The van der Waals surface area contributed by atoms with Crippen molar-refractivity contribution in [3.63, 3.8) is 0 Å². The van der Waals surface area contributed by atoms with Crippen LogP contribution in [0.15, 0.2) is 65.1 Å². The number of nitrogens with zero attached hydrogens (tertiary/aromatic N) is 4. The van der Waals surface area contributed by atoms with Crippen LogP contribution in [0, 0.1) is 23.5 Å². The quantitative estimate of drug-likeness (QED) is 0.165. The number of aromatic amines is 1. The number of piperazine rings is 1. The number of hydrogen-bond donors (Lipinski definition) is 1. The first kappa shape index (κ1) is 38.9. The average molecular weight is 768 g/mol. The van der Waals surface area contributed by atoms with Crippen LogP contribution in [0.2, 0.25) is 0 Å². The summed E-state index contributed by atoms with van der Waals surface area (Å²) in [6, 6.07) is 14.0. The molecule has 0 radical (unpaired) electrons. The minimum absolute atomic E-state index is 0.0106. The van der Waals surface area contributed by atoms with E-state index in [0.29, 0.717) is 31.3 Å².